The number of nitrogens with one attached hydrogen (secondary N) is 2. The van der Waals surface area contributed by atoms with E-state index in [2.05, 4.69) is 30.5 Å². The van der Waals surface area contributed by atoms with Crippen LogP contribution in [-0.2, 0) is 6.42 Å². The summed E-state index contributed by atoms with van der Waals surface area (Å²) in [6.07, 6.45) is 5.59. The van der Waals surface area contributed by atoms with E-state index in [1.54, 1.807) is 7.11 Å². The molecule has 122 valence electrons. The van der Waals surface area contributed by atoms with E-state index >= 15 is 0 Å². The lowest BCUT2D eigenvalue weighted by Crippen LogP contribution is -2.46. The van der Waals surface area contributed by atoms with Gasteiger partial charge in [0.05, 0.1) is 7.11 Å². The van der Waals surface area contributed by atoms with E-state index in [4.69, 9.17) is 4.74 Å². The number of rotatable bonds is 5. The summed E-state index contributed by atoms with van der Waals surface area (Å²) < 4.78 is 5.37. The van der Waals surface area contributed by atoms with Crippen molar-refractivity contribution in [1.29, 1.82) is 0 Å². The van der Waals surface area contributed by atoms with Gasteiger partial charge in [0.1, 0.15) is 5.75 Å². The van der Waals surface area contributed by atoms with Gasteiger partial charge >= 0.3 is 6.03 Å². The maximum Gasteiger partial charge on any atom is 0.315 e. The number of hydrogen-bond donors (Lipinski definition) is 2. The molecule has 1 aliphatic rings. The Bertz CT molecular complexity index is 502. The van der Waals surface area contributed by atoms with Crippen LogP contribution >= 0.6 is 0 Å². The molecule has 2 rings (SSSR count). The van der Waals surface area contributed by atoms with Crippen molar-refractivity contribution in [1.82, 2.24) is 10.6 Å². The quantitative estimate of drug-likeness (QED) is 0.875. The molecule has 1 fully saturated rings. The molecule has 2 amide bonds. The van der Waals surface area contributed by atoms with Gasteiger partial charge in [-0.1, -0.05) is 37.5 Å². The summed E-state index contributed by atoms with van der Waals surface area (Å²) in [6, 6.07) is 6.40. The SMILES string of the molecule is COc1ccc(C)cc1CCNC(=O)N[C@H]1CCCC[C@@H]1C. The van der Waals surface area contributed by atoms with Crippen LogP contribution in [0.4, 0.5) is 4.79 Å². The standard InChI is InChI=1S/C18H28N2O2/c1-13-8-9-17(22-3)15(12-13)10-11-19-18(21)20-16-7-5-4-6-14(16)2/h8-9,12,14,16H,4-7,10-11H2,1-3H3,(H2,19,20,21)/t14-,16-/m0/s1. The highest BCUT2D eigenvalue weighted by atomic mass is 16.5. The van der Waals surface area contributed by atoms with Gasteiger partial charge < -0.3 is 15.4 Å². The summed E-state index contributed by atoms with van der Waals surface area (Å²) in [5.41, 5.74) is 2.34. The van der Waals surface area contributed by atoms with E-state index in [0.29, 0.717) is 18.5 Å². The molecule has 0 aromatic heterocycles. The summed E-state index contributed by atoms with van der Waals surface area (Å²) >= 11 is 0. The fourth-order valence-electron chi connectivity index (χ4n) is 3.16. The second-order valence-electron chi connectivity index (χ2n) is 6.33. The molecule has 1 aliphatic carbocycles. The first-order valence-electron chi connectivity index (χ1n) is 8.28. The van der Waals surface area contributed by atoms with Crippen LogP contribution in [0.15, 0.2) is 18.2 Å². The minimum Gasteiger partial charge on any atom is -0.496 e. The normalized spacial score (nSPS) is 21.2. The minimum absolute atomic E-state index is 0.0506. The predicted molar refractivity (Wildman–Crippen MR) is 89.4 cm³/mol. The molecule has 0 spiro atoms. The number of ether oxygens (including phenoxy) is 1. The summed E-state index contributed by atoms with van der Waals surface area (Å²) in [5.74, 6) is 1.46. The average molecular weight is 304 g/mol. The molecule has 2 atom stereocenters. The lowest BCUT2D eigenvalue weighted by atomic mass is 9.86. The van der Waals surface area contributed by atoms with E-state index in [-0.39, 0.29) is 6.03 Å². The van der Waals surface area contributed by atoms with Crippen molar-refractivity contribution < 1.29 is 9.53 Å². The topological polar surface area (TPSA) is 50.4 Å². The summed E-state index contributed by atoms with van der Waals surface area (Å²) in [7, 11) is 1.68. The van der Waals surface area contributed by atoms with Gasteiger partial charge in [-0.25, -0.2) is 4.79 Å². The fourth-order valence-corrected chi connectivity index (χ4v) is 3.16. The van der Waals surface area contributed by atoms with Crippen molar-refractivity contribution in [3.63, 3.8) is 0 Å². The number of carbonyl (C=O) groups excluding carboxylic acids is 1. The highest BCUT2D eigenvalue weighted by Crippen LogP contribution is 2.23. The Morgan fingerprint density at radius 2 is 2.09 bits per heavy atom. The van der Waals surface area contributed by atoms with Crippen LogP contribution in [0.5, 0.6) is 5.75 Å². The summed E-state index contributed by atoms with van der Waals surface area (Å²) in [4.78, 5) is 12.0. The van der Waals surface area contributed by atoms with Crippen LogP contribution in [0.2, 0.25) is 0 Å². The van der Waals surface area contributed by atoms with Gasteiger partial charge in [0.25, 0.3) is 0 Å². The molecule has 22 heavy (non-hydrogen) atoms. The number of benzene rings is 1. The predicted octanol–water partition coefficient (Wildman–Crippen LogP) is 3.42. The maximum atomic E-state index is 12.0. The molecule has 0 aliphatic heterocycles. The van der Waals surface area contributed by atoms with Crippen molar-refractivity contribution in [2.24, 2.45) is 5.92 Å². The first kappa shape index (κ1) is 16.7. The number of methoxy groups -OCH3 is 1. The zero-order valence-corrected chi connectivity index (χ0v) is 13.9. The Labute approximate surface area is 133 Å². The molecule has 1 aromatic rings. The summed E-state index contributed by atoms with van der Waals surface area (Å²) in [6.45, 7) is 4.90. The number of hydrogen-bond acceptors (Lipinski definition) is 2. The molecule has 0 bridgehead atoms. The molecule has 2 N–H and O–H groups in total. The van der Waals surface area contributed by atoms with Gasteiger partial charge in [0, 0.05) is 12.6 Å². The van der Waals surface area contributed by atoms with Crippen LogP contribution in [0, 0.1) is 12.8 Å². The van der Waals surface area contributed by atoms with Crippen LogP contribution in [0.3, 0.4) is 0 Å². The third kappa shape index (κ3) is 4.65. The van der Waals surface area contributed by atoms with Crippen molar-refractivity contribution >= 4 is 6.03 Å². The third-order valence-electron chi connectivity index (χ3n) is 4.54. The Hall–Kier alpha value is -1.71. The lowest BCUT2D eigenvalue weighted by Gasteiger charge is -2.29. The molecule has 4 nitrogen and oxygen atoms in total. The van der Waals surface area contributed by atoms with Crippen molar-refractivity contribution in [3.8, 4) is 5.75 Å². The molecule has 0 unspecified atom stereocenters. The molecule has 0 heterocycles. The molecule has 1 saturated carbocycles. The van der Waals surface area contributed by atoms with E-state index in [0.717, 1.165) is 24.2 Å². The molecule has 0 saturated heterocycles. The lowest BCUT2D eigenvalue weighted by molar-refractivity contribution is 0.222. The van der Waals surface area contributed by atoms with E-state index in [9.17, 15) is 4.79 Å². The van der Waals surface area contributed by atoms with E-state index in [1.165, 1.54) is 24.8 Å². The van der Waals surface area contributed by atoms with Gasteiger partial charge in [0.15, 0.2) is 0 Å². The number of carbonyl (C=O) groups is 1. The first-order chi connectivity index (χ1) is 10.6. The fraction of sp³-hybridized carbons (Fsp3) is 0.611. The molecular weight excluding hydrogens is 276 g/mol. The minimum atomic E-state index is -0.0506. The highest BCUT2D eigenvalue weighted by Gasteiger charge is 2.22. The van der Waals surface area contributed by atoms with Gasteiger partial charge in [-0.2, -0.15) is 0 Å². The average Bonchev–Trinajstić information content (AvgIpc) is 2.50. The molecular formula is C18H28N2O2. The molecule has 4 heteroatoms. The van der Waals surface area contributed by atoms with Crippen LogP contribution in [-0.4, -0.2) is 25.7 Å². The van der Waals surface area contributed by atoms with E-state index in [1.807, 2.05) is 12.1 Å². The zero-order valence-electron chi connectivity index (χ0n) is 13.9. The van der Waals surface area contributed by atoms with Crippen molar-refractivity contribution in [2.75, 3.05) is 13.7 Å². The Morgan fingerprint density at radius 1 is 1.32 bits per heavy atom. The van der Waals surface area contributed by atoms with E-state index < -0.39 is 0 Å². The maximum absolute atomic E-state index is 12.0. The van der Waals surface area contributed by atoms with Gasteiger partial charge in [-0.05, 0) is 43.7 Å². The zero-order chi connectivity index (χ0) is 15.9. The summed E-state index contributed by atoms with van der Waals surface area (Å²) in [5, 5.41) is 6.08. The number of aryl methyl sites for hydroxylation is 1. The largest absolute Gasteiger partial charge is 0.496 e. The molecule has 1 aromatic carbocycles. The van der Waals surface area contributed by atoms with Crippen molar-refractivity contribution in [2.45, 2.75) is 52.0 Å². The van der Waals surface area contributed by atoms with Crippen LogP contribution in [0.1, 0.15) is 43.7 Å². The van der Waals surface area contributed by atoms with Gasteiger partial charge in [-0.3, -0.25) is 0 Å². The number of amides is 2. The Balaban J connectivity index is 1.78. The molecule has 0 radical (unpaired) electrons. The monoisotopic (exact) mass is 304 g/mol. The van der Waals surface area contributed by atoms with Gasteiger partial charge in [0.2, 0.25) is 0 Å². The number of urea groups is 1. The smallest absolute Gasteiger partial charge is 0.315 e. The highest BCUT2D eigenvalue weighted by molar-refractivity contribution is 5.74. The third-order valence-corrected chi connectivity index (χ3v) is 4.54. The van der Waals surface area contributed by atoms with Gasteiger partial charge in [-0.15, -0.1) is 0 Å². The van der Waals surface area contributed by atoms with Crippen LogP contribution < -0.4 is 15.4 Å². The Morgan fingerprint density at radius 3 is 2.82 bits per heavy atom. The van der Waals surface area contributed by atoms with Crippen molar-refractivity contribution in [3.05, 3.63) is 29.3 Å². The Kier molecular flexibility index (Phi) is 6.10. The first-order valence-corrected chi connectivity index (χ1v) is 8.28. The second-order valence-corrected chi connectivity index (χ2v) is 6.33. The van der Waals surface area contributed by atoms with Crippen LogP contribution in [0.25, 0.3) is 0 Å². The second kappa shape index (κ2) is 8.06.